The number of sulfonamides is 1. The number of hydrogen-bond acceptors (Lipinski definition) is 4. The molecule has 1 heterocycles. The number of nitrogens with one attached hydrogen (secondary N) is 1. The first-order valence-corrected chi connectivity index (χ1v) is 11.4. The Morgan fingerprint density at radius 3 is 2.17 bits per heavy atom. The lowest BCUT2D eigenvalue weighted by molar-refractivity contribution is 0.0623. The molecule has 6 nitrogen and oxygen atoms in total. The first kappa shape index (κ1) is 21.2. The smallest absolute Gasteiger partial charge is 0.261 e. The van der Waals surface area contributed by atoms with Gasteiger partial charge in [-0.3, -0.25) is 9.52 Å². The fraction of sp³-hybridized carbons (Fsp3) is 0.409. The van der Waals surface area contributed by atoms with E-state index in [9.17, 15) is 13.2 Å². The normalized spacial score (nSPS) is 19.6. The zero-order chi connectivity index (χ0) is 21.0. The van der Waals surface area contributed by atoms with Crippen LogP contribution in [0.1, 0.15) is 37.6 Å². The maximum Gasteiger partial charge on any atom is 0.261 e. The zero-order valence-electron chi connectivity index (χ0n) is 17.1. The number of amides is 1. The third kappa shape index (κ3) is 5.29. The minimum atomic E-state index is -3.74. The van der Waals surface area contributed by atoms with Gasteiger partial charge in [-0.05, 0) is 73.7 Å². The largest absolute Gasteiger partial charge is 0.494 e. The second-order valence-electron chi connectivity index (χ2n) is 7.74. The van der Waals surface area contributed by atoms with Crippen molar-refractivity contribution in [2.45, 2.75) is 32.1 Å². The summed E-state index contributed by atoms with van der Waals surface area (Å²) in [5.41, 5.74) is 0.955. The SMILES string of the molecule is CCOc1ccc(NS(=O)(=O)c2ccc(C(=O)N3CC(C)CC(C)C3)cc2)cc1. The Morgan fingerprint density at radius 1 is 1.03 bits per heavy atom. The maximum absolute atomic E-state index is 12.8. The van der Waals surface area contributed by atoms with Crippen molar-refractivity contribution in [1.29, 1.82) is 0 Å². The molecule has 2 atom stereocenters. The molecule has 1 aliphatic heterocycles. The molecule has 1 fully saturated rings. The van der Waals surface area contributed by atoms with Gasteiger partial charge in [-0.25, -0.2) is 8.42 Å². The summed E-state index contributed by atoms with van der Waals surface area (Å²) in [4.78, 5) is 14.8. The van der Waals surface area contributed by atoms with E-state index in [2.05, 4.69) is 18.6 Å². The van der Waals surface area contributed by atoms with E-state index >= 15 is 0 Å². The molecular weight excluding hydrogens is 388 g/mol. The van der Waals surface area contributed by atoms with Gasteiger partial charge in [-0.2, -0.15) is 0 Å². The summed E-state index contributed by atoms with van der Waals surface area (Å²) in [7, 11) is -3.74. The molecule has 2 aromatic carbocycles. The summed E-state index contributed by atoms with van der Waals surface area (Å²) >= 11 is 0. The summed E-state index contributed by atoms with van der Waals surface area (Å²) in [6, 6.07) is 12.8. The number of anilines is 1. The Hall–Kier alpha value is -2.54. The van der Waals surface area contributed by atoms with Gasteiger partial charge in [-0.1, -0.05) is 13.8 Å². The molecule has 29 heavy (non-hydrogen) atoms. The van der Waals surface area contributed by atoms with Crippen molar-refractivity contribution in [2.24, 2.45) is 11.8 Å². The fourth-order valence-corrected chi connectivity index (χ4v) is 4.85. The van der Waals surface area contributed by atoms with Gasteiger partial charge in [-0.15, -0.1) is 0 Å². The molecule has 0 aliphatic carbocycles. The number of benzene rings is 2. The van der Waals surface area contributed by atoms with Gasteiger partial charge in [0.2, 0.25) is 0 Å². The Kier molecular flexibility index (Phi) is 6.47. The van der Waals surface area contributed by atoms with E-state index in [-0.39, 0.29) is 10.8 Å². The molecule has 1 saturated heterocycles. The zero-order valence-corrected chi connectivity index (χ0v) is 17.9. The van der Waals surface area contributed by atoms with Gasteiger partial charge >= 0.3 is 0 Å². The predicted molar refractivity (Wildman–Crippen MR) is 114 cm³/mol. The van der Waals surface area contributed by atoms with Gasteiger partial charge in [0, 0.05) is 24.3 Å². The van der Waals surface area contributed by atoms with Crippen LogP contribution in [-0.2, 0) is 10.0 Å². The number of ether oxygens (including phenoxy) is 1. The minimum Gasteiger partial charge on any atom is -0.494 e. The van der Waals surface area contributed by atoms with Crippen molar-refractivity contribution in [3.63, 3.8) is 0 Å². The van der Waals surface area contributed by atoms with E-state index in [1.54, 1.807) is 36.4 Å². The van der Waals surface area contributed by atoms with Gasteiger partial charge in [0.25, 0.3) is 15.9 Å². The average molecular weight is 417 g/mol. The van der Waals surface area contributed by atoms with E-state index < -0.39 is 10.0 Å². The van der Waals surface area contributed by atoms with Crippen LogP contribution in [-0.4, -0.2) is 38.9 Å². The molecule has 1 aliphatic rings. The average Bonchev–Trinajstić information content (AvgIpc) is 2.68. The van der Waals surface area contributed by atoms with Crippen molar-refractivity contribution in [3.05, 3.63) is 54.1 Å². The maximum atomic E-state index is 12.8. The van der Waals surface area contributed by atoms with Gasteiger partial charge in [0.1, 0.15) is 5.75 Å². The second kappa shape index (κ2) is 8.86. The number of piperidine rings is 1. The first-order chi connectivity index (χ1) is 13.8. The Bertz CT molecular complexity index is 930. The Labute approximate surface area is 172 Å². The molecule has 156 valence electrons. The lowest BCUT2D eigenvalue weighted by atomic mass is 9.91. The monoisotopic (exact) mass is 416 g/mol. The van der Waals surface area contributed by atoms with Crippen molar-refractivity contribution in [3.8, 4) is 5.75 Å². The molecular formula is C22H28N2O4S. The number of nitrogens with zero attached hydrogens (tertiary/aromatic N) is 1. The van der Waals surface area contributed by atoms with Crippen LogP contribution < -0.4 is 9.46 Å². The summed E-state index contributed by atoms with van der Waals surface area (Å²) in [5, 5.41) is 0. The number of rotatable bonds is 6. The van der Waals surface area contributed by atoms with Crippen LogP contribution in [0.2, 0.25) is 0 Å². The molecule has 1 N–H and O–H groups in total. The highest BCUT2D eigenvalue weighted by molar-refractivity contribution is 7.92. The Morgan fingerprint density at radius 2 is 1.62 bits per heavy atom. The van der Waals surface area contributed by atoms with Gasteiger partial charge in [0.05, 0.1) is 11.5 Å². The quantitative estimate of drug-likeness (QED) is 0.772. The third-order valence-corrected chi connectivity index (χ3v) is 6.38. The highest BCUT2D eigenvalue weighted by atomic mass is 32.2. The molecule has 0 spiro atoms. The molecule has 0 saturated carbocycles. The van der Waals surface area contributed by atoms with E-state index in [4.69, 9.17) is 4.74 Å². The van der Waals surface area contributed by atoms with E-state index in [0.717, 1.165) is 19.5 Å². The van der Waals surface area contributed by atoms with E-state index in [1.165, 1.54) is 12.1 Å². The second-order valence-corrected chi connectivity index (χ2v) is 9.43. The van der Waals surface area contributed by atoms with Crippen LogP contribution in [0, 0.1) is 11.8 Å². The minimum absolute atomic E-state index is 0.0492. The third-order valence-electron chi connectivity index (χ3n) is 4.99. The predicted octanol–water partition coefficient (Wildman–Crippen LogP) is 4.00. The topological polar surface area (TPSA) is 75.7 Å². The molecule has 0 bridgehead atoms. The molecule has 0 radical (unpaired) electrons. The molecule has 2 unspecified atom stereocenters. The van der Waals surface area contributed by atoms with E-state index in [1.807, 2.05) is 11.8 Å². The van der Waals surface area contributed by atoms with Crippen molar-refractivity contribution < 1.29 is 17.9 Å². The molecule has 7 heteroatoms. The van der Waals surface area contributed by atoms with Crippen molar-refractivity contribution in [1.82, 2.24) is 4.90 Å². The van der Waals surface area contributed by atoms with Crippen LogP contribution in [0.15, 0.2) is 53.4 Å². The van der Waals surface area contributed by atoms with Crippen LogP contribution in [0.4, 0.5) is 5.69 Å². The van der Waals surface area contributed by atoms with Crippen LogP contribution in [0.5, 0.6) is 5.75 Å². The van der Waals surface area contributed by atoms with Gasteiger partial charge in [0.15, 0.2) is 0 Å². The van der Waals surface area contributed by atoms with Crippen LogP contribution in [0.25, 0.3) is 0 Å². The Balaban J connectivity index is 1.70. The van der Waals surface area contributed by atoms with E-state index in [0.29, 0.717) is 35.4 Å². The lowest BCUT2D eigenvalue weighted by Gasteiger charge is -2.35. The molecule has 0 aromatic heterocycles. The number of likely N-dealkylation sites (tertiary alicyclic amines) is 1. The lowest BCUT2D eigenvalue weighted by Crippen LogP contribution is -2.42. The summed E-state index contributed by atoms with van der Waals surface area (Å²) in [6.45, 7) is 8.21. The highest BCUT2D eigenvalue weighted by Crippen LogP contribution is 2.24. The van der Waals surface area contributed by atoms with Gasteiger partial charge < -0.3 is 9.64 Å². The van der Waals surface area contributed by atoms with Crippen molar-refractivity contribution in [2.75, 3.05) is 24.4 Å². The molecule has 2 aromatic rings. The first-order valence-electron chi connectivity index (χ1n) is 9.93. The summed E-state index contributed by atoms with van der Waals surface area (Å²) < 4.78 is 33.2. The number of hydrogen-bond donors (Lipinski definition) is 1. The highest BCUT2D eigenvalue weighted by Gasteiger charge is 2.26. The fourth-order valence-electron chi connectivity index (χ4n) is 3.79. The van der Waals surface area contributed by atoms with Crippen LogP contribution >= 0.6 is 0 Å². The number of carbonyl (C=O) groups excluding carboxylic acids is 1. The summed E-state index contributed by atoms with van der Waals surface area (Å²) in [5.74, 6) is 1.58. The van der Waals surface area contributed by atoms with Crippen molar-refractivity contribution >= 4 is 21.6 Å². The molecule has 3 rings (SSSR count). The standard InChI is InChI=1S/C22H28N2O4S/c1-4-28-20-9-7-19(8-10-20)23-29(26,27)21-11-5-18(6-12-21)22(25)24-14-16(2)13-17(3)15-24/h5-12,16-17,23H,4,13-15H2,1-3H3. The number of carbonyl (C=O) groups is 1. The van der Waals surface area contributed by atoms with Crippen LogP contribution in [0.3, 0.4) is 0 Å². The summed E-state index contributed by atoms with van der Waals surface area (Å²) in [6.07, 6.45) is 1.12. The molecule has 1 amide bonds.